The SMILES string of the molecule is CC(C)(C)c1ccc(O)c(NC(=O)C(=O)Nc2cc(C(C)(C)C)ccc2O)c1. The largest absolute Gasteiger partial charge is 0.506 e. The molecule has 4 N–H and O–H groups in total. The lowest BCUT2D eigenvalue weighted by Gasteiger charge is -2.21. The summed E-state index contributed by atoms with van der Waals surface area (Å²) in [5.41, 5.74) is 1.73. The van der Waals surface area contributed by atoms with E-state index in [9.17, 15) is 19.8 Å². The number of phenolic OH excluding ortho intramolecular Hbond substituents is 2. The summed E-state index contributed by atoms with van der Waals surface area (Å²) < 4.78 is 0. The summed E-state index contributed by atoms with van der Waals surface area (Å²) in [7, 11) is 0. The molecule has 0 aromatic heterocycles. The summed E-state index contributed by atoms with van der Waals surface area (Å²) in [6.45, 7) is 12.0. The Morgan fingerprint density at radius 2 is 1.00 bits per heavy atom. The number of rotatable bonds is 2. The van der Waals surface area contributed by atoms with Gasteiger partial charge in [-0.25, -0.2) is 0 Å². The quantitative estimate of drug-likeness (QED) is 0.459. The smallest absolute Gasteiger partial charge is 0.314 e. The Bertz CT molecular complexity index is 830. The van der Waals surface area contributed by atoms with Gasteiger partial charge in [0.25, 0.3) is 0 Å². The highest BCUT2D eigenvalue weighted by Crippen LogP contribution is 2.32. The number of phenols is 2. The van der Waals surface area contributed by atoms with Crippen LogP contribution in [0.1, 0.15) is 52.7 Å². The van der Waals surface area contributed by atoms with Gasteiger partial charge in [-0.2, -0.15) is 0 Å². The van der Waals surface area contributed by atoms with E-state index in [1.54, 1.807) is 24.3 Å². The Kier molecular flexibility index (Phi) is 5.73. The van der Waals surface area contributed by atoms with E-state index in [4.69, 9.17) is 0 Å². The molecule has 0 atom stereocenters. The number of aromatic hydroxyl groups is 2. The number of anilines is 2. The van der Waals surface area contributed by atoms with Gasteiger partial charge in [-0.3, -0.25) is 9.59 Å². The van der Waals surface area contributed by atoms with E-state index >= 15 is 0 Å². The Balaban J connectivity index is 2.20. The van der Waals surface area contributed by atoms with E-state index in [1.165, 1.54) is 12.1 Å². The number of hydrogen-bond donors (Lipinski definition) is 4. The van der Waals surface area contributed by atoms with Gasteiger partial charge in [0.2, 0.25) is 0 Å². The van der Waals surface area contributed by atoms with Gasteiger partial charge in [0.05, 0.1) is 11.4 Å². The van der Waals surface area contributed by atoms with Crippen LogP contribution in [0.3, 0.4) is 0 Å². The molecule has 0 saturated carbocycles. The fourth-order valence-electron chi connectivity index (χ4n) is 2.56. The lowest BCUT2D eigenvalue weighted by molar-refractivity contribution is -0.133. The first-order valence-electron chi connectivity index (χ1n) is 9.08. The second-order valence-electron chi connectivity index (χ2n) is 8.87. The molecule has 2 amide bonds. The minimum Gasteiger partial charge on any atom is -0.506 e. The molecule has 2 rings (SSSR count). The minimum atomic E-state index is -0.943. The normalized spacial score (nSPS) is 11.8. The second kappa shape index (κ2) is 7.54. The number of hydrogen-bond acceptors (Lipinski definition) is 4. The molecule has 6 nitrogen and oxygen atoms in total. The van der Waals surface area contributed by atoms with Crippen LogP contribution < -0.4 is 10.6 Å². The molecule has 28 heavy (non-hydrogen) atoms. The van der Waals surface area contributed by atoms with Crippen molar-refractivity contribution in [2.45, 2.75) is 52.4 Å². The highest BCUT2D eigenvalue weighted by atomic mass is 16.3. The van der Waals surface area contributed by atoms with Crippen molar-refractivity contribution in [3.8, 4) is 11.5 Å². The van der Waals surface area contributed by atoms with Gasteiger partial charge in [-0.05, 0) is 46.2 Å². The lowest BCUT2D eigenvalue weighted by atomic mass is 9.86. The molecule has 0 fully saturated rings. The topological polar surface area (TPSA) is 98.7 Å². The van der Waals surface area contributed by atoms with Gasteiger partial charge < -0.3 is 20.8 Å². The van der Waals surface area contributed by atoms with Crippen molar-refractivity contribution in [1.82, 2.24) is 0 Å². The standard InChI is InChI=1S/C22H28N2O4/c1-21(2,3)13-7-9-17(25)15(11-13)23-19(27)20(28)24-16-12-14(22(4,5)6)8-10-18(16)26/h7-12,25-26H,1-6H3,(H,23,27)(H,24,28). The highest BCUT2D eigenvalue weighted by Gasteiger charge is 2.21. The first kappa shape index (κ1) is 21.3. The van der Waals surface area contributed by atoms with Crippen molar-refractivity contribution in [3.63, 3.8) is 0 Å². The molecule has 6 heteroatoms. The van der Waals surface area contributed by atoms with Crippen LogP contribution in [0.2, 0.25) is 0 Å². The van der Waals surface area contributed by atoms with Crippen molar-refractivity contribution < 1.29 is 19.8 Å². The van der Waals surface area contributed by atoms with Crippen molar-refractivity contribution >= 4 is 23.2 Å². The first-order chi connectivity index (χ1) is 12.8. The molecule has 0 unspecified atom stereocenters. The minimum absolute atomic E-state index is 0.133. The number of nitrogens with one attached hydrogen (secondary N) is 2. The summed E-state index contributed by atoms with van der Waals surface area (Å²) >= 11 is 0. The molecule has 150 valence electrons. The third-order valence-electron chi connectivity index (χ3n) is 4.43. The van der Waals surface area contributed by atoms with Gasteiger partial charge >= 0.3 is 11.8 Å². The maximum absolute atomic E-state index is 12.3. The van der Waals surface area contributed by atoms with Gasteiger partial charge in [-0.1, -0.05) is 53.7 Å². The van der Waals surface area contributed by atoms with Crippen LogP contribution in [-0.4, -0.2) is 22.0 Å². The van der Waals surface area contributed by atoms with Gasteiger partial charge in [-0.15, -0.1) is 0 Å². The highest BCUT2D eigenvalue weighted by molar-refractivity contribution is 6.44. The summed E-state index contributed by atoms with van der Waals surface area (Å²) in [4.78, 5) is 24.6. The number of carbonyl (C=O) groups is 2. The molecule has 0 bridgehead atoms. The zero-order chi connectivity index (χ0) is 21.3. The van der Waals surface area contributed by atoms with E-state index in [1.807, 2.05) is 41.5 Å². The first-order valence-corrected chi connectivity index (χ1v) is 9.08. The molecule has 2 aromatic rings. The van der Waals surface area contributed by atoms with Crippen LogP contribution in [0, 0.1) is 0 Å². The number of carbonyl (C=O) groups excluding carboxylic acids is 2. The van der Waals surface area contributed by atoms with Crippen molar-refractivity contribution in [2.24, 2.45) is 0 Å². The molecule has 0 aliphatic rings. The van der Waals surface area contributed by atoms with E-state index in [0.717, 1.165) is 11.1 Å². The maximum atomic E-state index is 12.3. The van der Waals surface area contributed by atoms with Crippen LogP contribution in [0.15, 0.2) is 36.4 Å². The molecule has 0 heterocycles. The van der Waals surface area contributed by atoms with Crippen LogP contribution in [0.5, 0.6) is 11.5 Å². The van der Waals surface area contributed by atoms with E-state index in [0.29, 0.717) is 0 Å². The predicted octanol–water partition coefficient (Wildman–Crippen LogP) is 4.27. The van der Waals surface area contributed by atoms with Crippen LogP contribution in [-0.2, 0) is 20.4 Å². The summed E-state index contributed by atoms with van der Waals surface area (Å²) in [5.74, 6) is -2.15. The van der Waals surface area contributed by atoms with Crippen LogP contribution in [0.4, 0.5) is 11.4 Å². The zero-order valence-electron chi connectivity index (χ0n) is 17.2. The van der Waals surface area contributed by atoms with E-state index in [-0.39, 0.29) is 33.7 Å². The molecule has 0 aliphatic heterocycles. The summed E-state index contributed by atoms with van der Waals surface area (Å²) in [5, 5.41) is 24.9. The van der Waals surface area contributed by atoms with Crippen LogP contribution >= 0.6 is 0 Å². The van der Waals surface area contributed by atoms with Gasteiger partial charge in [0.1, 0.15) is 11.5 Å². The van der Waals surface area contributed by atoms with E-state index < -0.39 is 11.8 Å². The monoisotopic (exact) mass is 384 g/mol. The van der Waals surface area contributed by atoms with E-state index in [2.05, 4.69) is 10.6 Å². The molecule has 0 radical (unpaired) electrons. The Morgan fingerprint density at radius 3 is 1.29 bits per heavy atom. The summed E-state index contributed by atoms with van der Waals surface area (Å²) in [6.07, 6.45) is 0. The molecule has 0 saturated heterocycles. The second-order valence-corrected chi connectivity index (χ2v) is 8.87. The Hall–Kier alpha value is -3.02. The fourth-order valence-corrected chi connectivity index (χ4v) is 2.56. The lowest BCUT2D eigenvalue weighted by Crippen LogP contribution is -2.29. The van der Waals surface area contributed by atoms with Gasteiger partial charge in [0, 0.05) is 0 Å². The molecular weight excluding hydrogens is 356 g/mol. The fraction of sp³-hybridized carbons (Fsp3) is 0.364. The van der Waals surface area contributed by atoms with Crippen molar-refractivity contribution in [3.05, 3.63) is 47.5 Å². The zero-order valence-corrected chi connectivity index (χ0v) is 17.2. The Labute approximate surface area is 165 Å². The van der Waals surface area contributed by atoms with Crippen molar-refractivity contribution in [2.75, 3.05) is 10.6 Å². The molecular formula is C22H28N2O4. The van der Waals surface area contributed by atoms with Crippen molar-refractivity contribution in [1.29, 1.82) is 0 Å². The Morgan fingerprint density at radius 1 is 0.679 bits per heavy atom. The molecule has 0 aliphatic carbocycles. The number of amides is 2. The maximum Gasteiger partial charge on any atom is 0.314 e. The summed E-state index contributed by atoms with van der Waals surface area (Å²) in [6, 6.07) is 9.76. The third kappa shape index (κ3) is 5.03. The average Bonchev–Trinajstić information content (AvgIpc) is 2.56. The van der Waals surface area contributed by atoms with Crippen LogP contribution in [0.25, 0.3) is 0 Å². The average molecular weight is 384 g/mol. The van der Waals surface area contributed by atoms with Gasteiger partial charge in [0.15, 0.2) is 0 Å². The number of benzene rings is 2. The molecule has 0 spiro atoms. The molecule has 2 aromatic carbocycles. The predicted molar refractivity (Wildman–Crippen MR) is 111 cm³/mol. The third-order valence-corrected chi connectivity index (χ3v) is 4.43.